The quantitative estimate of drug-likeness (QED) is 0.755. The Kier molecular flexibility index (Phi) is 6.00. The van der Waals surface area contributed by atoms with Crippen molar-refractivity contribution in [3.8, 4) is 11.5 Å². The monoisotopic (exact) mass is 343 g/mol. The van der Waals surface area contributed by atoms with Crippen LogP contribution in [0.2, 0.25) is 0 Å². The van der Waals surface area contributed by atoms with Gasteiger partial charge in [0.05, 0.1) is 14.2 Å². The van der Waals surface area contributed by atoms with Crippen molar-refractivity contribution >= 4 is 11.9 Å². The Morgan fingerprint density at radius 2 is 1.64 bits per heavy atom. The average molecular weight is 343 g/mol. The number of likely N-dealkylation sites (N-methyl/N-ethyl adjacent to an activating group) is 1. The molecule has 0 aliphatic carbocycles. The highest BCUT2D eigenvalue weighted by Gasteiger charge is 2.28. The number of carbonyl (C=O) groups is 2. The molecule has 0 N–H and O–H groups in total. The highest BCUT2D eigenvalue weighted by Crippen LogP contribution is 2.28. The minimum absolute atomic E-state index is 0.218. The molecule has 1 amide bonds. The molecule has 0 saturated heterocycles. The van der Waals surface area contributed by atoms with E-state index in [0.29, 0.717) is 17.1 Å². The van der Waals surface area contributed by atoms with Crippen molar-refractivity contribution in [3.63, 3.8) is 0 Å². The van der Waals surface area contributed by atoms with E-state index < -0.39 is 12.1 Å². The van der Waals surface area contributed by atoms with Gasteiger partial charge in [0.1, 0.15) is 17.1 Å². The van der Waals surface area contributed by atoms with Gasteiger partial charge in [-0.1, -0.05) is 30.3 Å². The second-order valence-corrected chi connectivity index (χ2v) is 5.49. The zero-order chi connectivity index (χ0) is 18.4. The van der Waals surface area contributed by atoms with E-state index in [9.17, 15) is 9.59 Å². The minimum Gasteiger partial charge on any atom is -0.497 e. The number of ether oxygens (including phenoxy) is 3. The maximum atomic E-state index is 12.6. The maximum absolute atomic E-state index is 12.6. The van der Waals surface area contributed by atoms with Crippen molar-refractivity contribution in [1.29, 1.82) is 0 Å². The predicted molar refractivity (Wildman–Crippen MR) is 92.8 cm³/mol. The second-order valence-electron chi connectivity index (χ2n) is 5.49. The van der Waals surface area contributed by atoms with Gasteiger partial charge in [-0.05, 0) is 12.1 Å². The molecule has 0 saturated carbocycles. The van der Waals surface area contributed by atoms with Gasteiger partial charge in [0.15, 0.2) is 0 Å². The summed E-state index contributed by atoms with van der Waals surface area (Å²) in [7, 11) is 6.19. The Morgan fingerprint density at radius 1 is 0.960 bits per heavy atom. The Bertz CT molecular complexity index is 743. The maximum Gasteiger partial charge on any atom is 0.343 e. The first kappa shape index (κ1) is 18.3. The normalized spacial score (nSPS) is 11.4. The first-order chi connectivity index (χ1) is 12.0. The van der Waals surface area contributed by atoms with Crippen molar-refractivity contribution in [2.75, 3.05) is 28.3 Å². The fourth-order valence-corrected chi connectivity index (χ4v) is 2.26. The number of hydrogen-bond acceptors (Lipinski definition) is 5. The molecule has 0 bridgehead atoms. The van der Waals surface area contributed by atoms with Gasteiger partial charge < -0.3 is 19.1 Å². The Labute approximate surface area is 146 Å². The molecule has 6 nitrogen and oxygen atoms in total. The van der Waals surface area contributed by atoms with Crippen LogP contribution >= 0.6 is 0 Å². The molecule has 0 aliphatic heterocycles. The van der Waals surface area contributed by atoms with Gasteiger partial charge in [-0.15, -0.1) is 0 Å². The van der Waals surface area contributed by atoms with Crippen LogP contribution in [-0.4, -0.2) is 45.1 Å². The van der Waals surface area contributed by atoms with Crippen molar-refractivity contribution in [2.45, 2.75) is 6.10 Å². The van der Waals surface area contributed by atoms with E-state index in [4.69, 9.17) is 14.2 Å². The molecule has 132 valence electrons. The van der Waals surface area contributed by atoms with Gasteiger partial charge >= 0.3 is 5.97 Å². The summed E-state index contributed by atoms with van der Waals surface area (Å²) < 4.78 is 15.9. The highest BCUT2D eigenvalue weighted by atomic mass is 16.6. The summed E-state index contributed by atoms with van der Waals surface area (Å²) in [6.07, 6.45) is -1.03. The van der Waals surface area contributed by atoms with Gasteiger partial charge in [0.2, 0.25) is 6.10 Å². The van der Waals surface area contributed by atoms with Crippen LogP contribution in [0.1, 0.15) is 22.0 Å². The molecule has 0 aliphatic rings. The summed E-state index contributed by atoms with van der Waals surface area (Å²) in [6, 6.07) is 13.6. The summed E-state index contributed by atoms with van der Waals surface area (Å²) in [6.45, 7) is 0. The van der Waals surface area contributed by atoms with Crippen LogP contribution in [0.15, 0.2) is 48.5 Å². The van der Waals surface area contributed by atoms with E-state index in [1.54, 1.807) is 56.6 Å². The number of esters is 1. The molecule has 6 heteroatoms. The number of nitrogens with zero attached hydrogens (tertiary/aromatic N) is 1. The summed E-state index contributed by atoms with van der Waals surface area (Å²) >= 11 is 0. The van der Waals surface area contributed by atoms with Crippen LogP contribution in [0, 0.1) is 0 Å². The lowest BCUT2D eigenvalue weighted by Crippen LogP contribution is -2.31. The van der Waals surface area contributed by atoms with Crippen LogP contribution in [0.5, 0.6) is 11.5 Å². The van der Waals surface area contributed by atoms with E-state index in [0.717, 1.165) is 0 Å². The van der Waals surface area contributed by atoms with Gasteiger partial charge in [-0.25, -0.2) is 4.79 Å². The van der Waals surface area contributed by atoms with Gasteiger partial charge in [0.25, 0.3) is 5.91 Å². The first-order valence-corrected chi connectivity index (χ1v) is 7.67. The summed E-state index contributed by atoms with van der Waals surface area (Å²) in [5, 5.41) is 0. The van der Waals surface area contributed by atoms with E-state index in [-0.39, 0.29) is 11.5 Å². The van der Waals surface area contributed by atoms with Crippen molar-refractivity contribution in [2.24, 2.45) is 0 Å². The Morgan fingerprint density at radius 3 is 2.20 bits per heavy atom. The second kappa shape index (κ2) is 8.19. The zero-order valence-corrected chi connectivity index (χ0v) is 14.7. The summed E-state index contributed by atoms with van der Waals surface area (Å²) in [5.74, 6) is -0.110. The molecule has 0 radical (unpaired) electrons. The molecule has 0 fully saturated rings. The number of amides is 1. The van der Waals surface area contributed by atoms with Crippen LogP contribution in [0.4, 0.5) is 0 Å². The predicted octanol–water partition coefficient (Wildman–Crippen LogP) is 2.69. The van der Waals surface area contributed by atoms with Crippen LogP contribution in [-0.2, 0) is 9.53 Å². The first-order valence-electron chi connectivity index (χ1n) is 7.67. The molecule has 0 spiro atoms. The standard InChI is InChI=1S/C19H21NO5/c1-20(2)18(21)17(13-8-6-5-7-9-13)25-19(22)15-11-10-14(23-3)12-16(15)24-4/h5-12,17H,1-4H3. The van der Waals surface area contributed by atoms with E-state index in [1.807, 2.05) is 6.07 Å². The number of benzene rings is 2. The lowest BCUT2D eigenvalue weighted by molar-refractivity contribution is -0.138. The van der Waals surface area contributed by atoms with E-state index >= 15 is 0 Å². The van der Waals surface area contributed by atoms with Crippen molar-refractivity contribution in [3.05, 3.63) is 59.7 Å². The Hall–Kier alpha value is -3.02. The molecule has 0 heterocycles. The smallest absolute Gasteiger partial charge is 0.343 e. The Balaban J connectivity index is 2.33. The average Bonchev–Trinajstić information content (AvgIpc) is 2.65. The SMILES string of the molecule is COc1ccc(C(=O)OC(C(=O)N(C)C)c2ccccc2)c(OC)c1. The molecular weight excluding hydrogens is 322 g/mol. The van der Waals surface area contributed by atoms with Gasteiger partial charge in [0, 0.05) is 25.7 Å². The number of rotatable bonds is 6. The summed E-state index contributed by atoms with van der Waals surface area (Å²) in [4.78, 5) is 26.5. The van der Waals surface area contributed by atoms with Gasteiger partial charge in [-0.3, -0.25) is 4.79 Å². The largest absolute Gasteiger partial charge is 0.497 e. The third-order valence-corrected chi connectivity index (χ3v) is 3.62. The molecule has 2 aromatic rings. The fourth-order valence-electron chi connectivity index (χ4n) is 2.26. The van der Waals surface area contributed by atoms with Crippen LogP contribution < -0.4 is 9.47 Å². The van der Waals surface area contributed by atoms with E-state index in [2.05, 4.69) is 0 Å². The summed E-state index contributed by atoms with van der Waals surface area (Å²) in [5.41, 5.74) is 0.817. The molecular formula is C19H21NO5. The molecule has 2 rings (SSSR count). The third-order valence-electron chi connectivity index (χ3n) is 3.62. The minimum atomic E-state index is -1.03. The van der Waals surface area contributed by atoms with Crippen LogP contribution in [0.3, 0.4) is 0 Å². The third kappa shape index (κ3) is 4.29. The van der Waals surface area contributed by atoms with Crippen molar-refractivity contribution in [1.82, 2.24) is 4.90 Å². The number of carbonyl (C=O) groups excluding carboxylic acids is 2. The molecule has 1 atom stereocenters. The molecule has 2 aromatic carbocycles. The lowest BCUT2D eigenvalue weighted by atomic mass is 10.1. The highest BCUT2D eigenvalue weighted by molar-refractivity contribution is 5.95. The number of hydrogen-bond donors (Lipinski definition) is 0. The van der Waals surface area contributed by atoms with Crippen LogP contribution in [0.25, 0.3) is 0 Å². The fraction of sp³-hybridized carbons (Fsp3) is 0.263. The van der Waals surface area contributed by atoms with Gasteiger partial charge in [-0.2, -0.15) is 0 Å². The lowest BCUT2D eigenvalue weighted by Gasteiger charge is -2.21. The molecule has 25 heavy (non-hydrogen) atoms. The molecule has 0 aromatic heterocycles. The zero-order valence-electron chi connectivity index (χ0n) is 14.7. The van der Waals surface area contributed by atoms with E-state index in [1.165, 1.54) is 19.1 Å². The molecule has 1 unspecified atom stereocenters. The number of methoxy groups -OCH3 is 2. The topological polar surface area (TPSA) is 65.1 Å². The van der Waals surface area contributed by atoms with Crippen molar-refractivity contribution < 1.29 is 23.8 Å².